The molecule has 1 rings (SSSR count). The molecule has 1 aromatic rings. The van der Waals surface area contributed by atoms with Crippen molar-refractivity contribution in [2.75, 3.05) is 13.1 Å². The lowest BCUT2D eigenvalue weighted by Gasteiger charge is -2.13. The highest BCUT2D eigenvalue weighted by Crippen LogP contribution is 2.11. The Hall–Kier alpha value is -0.860. The lowest BCUT2D eigenvalue weighted by Crippen LogP contribution is -2.19. The summed E-state index contributed by atoms with van der Waals surface area (Å²) in [6, 6.07) is 10.5. The first kappa shape index (κ1) is 13.2. The molecule has 0 aliphatic heterocycles. The van der Waals surface area contributed by atoms with E-state index < -0.39 is 0 Å². The van der Waals surface area contributed by atoms with Crippen LogP contribution in [0.15, 0.2) is 30.3 Å². The van der Waals surface area contributed by atoms with Crippen molar-refractivity contribution < 1.29 is 0 Å². The zero-order valence-electron chi connectivity index (χ0n) is 10.3. The number of nitrogens with two attached hydrogens (primary N) is 1. The van der Waals surface area contributed by atoms with Gasteiger partial charge in [-0.1, -0.05) is 43.7 Å². The Morgan fingerprint density at radius 1 is 1.19 bits per heavy atom. The lowest BCUT2D eigenvalue weighted by molar-refractivity contribution is 0.428. The van der Waals surface area contributed by atoms with Crippen molar-refractivity contribution in [2.45, 2.75) is 32.7 Å². The van der Waals surface area contributed by atoms with Crippen LogP contribution in [-0.2, 0) is 6.54 Å². The SMILES string of the molecule is CCC(CCN)CCNCc1ccccc1. The molecule has 0 saturated heterocycles. The summed E-state index contributed by atoms with van der Waals surface area (Å²) in [7, 11) is 0. The van der Waals surface area contributed by atoms with E-state index in [0.717, 1.165) is 32.0 Å². The number of hydrogen-bond donors (Lipinski definition) is 2. The van der Waals surface area contributed by atoms with Crippen molar-refractivity contribution in [3.63, 3.8) is 0 Å². The molecular weight excluding hydrogens is 196 g/mol. The standard InChI is InChI=1S/C14H24N2/c1-2-13(8-10-15)9-11-16-12-14-6-4-3-5-7-14/h3-7,13,16H,2,8-12,15H2,1H3. The minimum absolute atomic E-state index is 0.785. The fourth-order valence-electron chi connectivity index (χ4n) is 1.92. The van der Waals surface area contributed by atoms with Gasteiger partial charge in [-0.2, -0.15) is 0 Å². The van der Waals surface area contributed by atoms with Crippen molar-refractivity contribution >= 4 is 0 Å². The summed E-state index contributed by atoms with van der Waals surface area (Å²) >= 11 is 0. The Morgan fingerprint density at radius 3 is 2.56 bits per heavy atom. The Balaban J connectivity index is 2.11. The van der Waals surface area contributed by atoms with Gasteiger partial charge in [0.1, 0.15) is 0 Å². The Bertz CT molecular complexity index is 259. The summed E-state index contributed by atoms with van der Waals surface area (Å²) < 4.78 is 0. The molecule has 3 N–H and O–H groups in total. The maximum Gasteiger partial charge on any atom is 0.0205 e. The second-order valence-corrected chi connectivity index (χ2v) is 4.30. The maximum absolute atomic E-state index is 5.58. The Morgan fingerprint density at radius 2 is 1.94 bits per heavy atom. The van der Waals surface area contributed by atoms with Crippen molar-refractivity contribution in [1.29, 1.82) is 0 Å². The molecule has 0 amide bonds. The topological polar surface area (TPSA) is 38.0 Å². The molecule has 2 nitrogen and oxygen atoms in total. The van der Waals surface area contributed by atoms with E-state index in [0.29, 0.717) is 0 Å². The highest BCUT2D eigenvalue weighted by atomic mass is 14.8. The predicted molar refractivity (Wildman–Crippen MR) is 70.2 cm³/mol. The van der Waals surface area contributed by atoms with Crippen LogP contribution < -0.4 is 11.1 Å². The second kappa shape index (κ2) is 8.31. The first-order chi connectivity index (χ1) is 7.86. The molecule has 1 atom stereocenters. The van der Waals surface area contributed by atoms with E-state index in [1.54, 1.807) is 0 Å². The molecule has 90 valence electrons. The molecule has 0 bridgehead atoms. The molecule has 0 spiro atoms. The van der Waals surface area contributed by atoms with Gasteiger partial charge in [0.2, 0.25) is 0 Å². The van der Waals surface area contributed by atoms with Crippen LogP contribution in [0.2, 0.25) is 0 Å². The van der Waals surface area contributed by atoms with Crippen LogP contribution in [0.1, 0.15) is 31.7 Å². The van der Waals surface area contributed by atoms with Crippen molar-refractivity contribution in [3.8, 4) is 0 Å². The maximum atomic E-state index is 5.58. The molecule has 1 unspecified atom stereocenters. The zero-order valence-corrected chi connectivity index (χ0v) is 10.3. The van der Waals surface area contributed by atoms with Crippen molar-refractivity contribution in [2.24, 2.45) is 11.7 Å². The summed E-state index contributed by atoms with van der Waals surface area (Å²) in [4.78, 5) is 0. The van der Waals surface area contributed by atoms with Crippen molar-refractivity contribution in [3.05, 3.63) is 35.9 Å². The predicted octanol–water partition coefficient (Wildman–Crippen LogP) is 2.54. The Kier molecular flexibility index (Phi) is 6.86. The molecule has 1 aromatic carbocycles. The van der Waals surface area contributed by atoms with Crippen molar-refractivity contribution in [1.82, 2.24) is 5.32 Å². The third kappa shape index (κ3) is 5.29. The van der Waals surface area contributed by atoms with Crippen LogP contribution in [0.4, 0.5) is 0 Å². The third-order valence-corrected chi connectivity index (χ3v) is 3.05. The summed E-state index contributed by atoms with van der Waals surface area (Å²) in [6.07, 6.45) is 3.63. The van der Waals surface area contributed by atoms with Gasteiger partial charge in [-0.05, 0) is 37.4 Å². The van der Waals surface area contributed by atoms with Crippen LogP contribution in [-0.4, -0.2) is 13.1 Å². The van der Waals surface area contributed by atoms with E-state index in [9.17, 15) is 0 Å². The molecule has 0 radical (unpaired) electrons. The van der Waals surface area contributed by atoms with E-state index >= 15 is 0 Å². The van der Waals surface area contributed by atoms with Gasteiger partial charge in [-0.3, -0.25) is 0 Å². The van der Waals surface area contributed by atoms with Crippen LogP contribution in [0.3, 0.4) is 0 Å². The third-order valence-electron chi connectivity index (χ3n) is 3.05. The first-order valence-corrected chi connectivity index (χ1v) is 6.31. The lowest BCUT2D eigenvalue weighted by atomic mass is 9.98. The van der Waals surface area contributed by atoms with Gasteiger partial charge < -0.3 is 11.1 Å². The average molecular weight is 220 g/mol. The zero-order chi connectivity index (χ0) is 11.6. The summed E-state index contributed by atoms with van der Waals surface area (Å²) in [5.74, 6) is 0.785. The van der Waals surface area contributed by atoms with E-state index in [1.807, 2.05) is 0 Å². The molecular formula is C14H24N2. The number of hydrogen-bond acceptors (Lipinski definition) is 2. The van der Waals surface area contributed by atoms with Gasteiger partial charge in [0.05, 0.1) is 0 Å². The van der Waals surface area contributed by atoms with E-state index in [2.05, 4.69) is 42.6 Å². The van der Waals surface area contributed by atoms with Crippen LogP contribution in [0, 0.1) is 5.92 Å². The minimum atomic E-state index is 0.785. The average Bonchev–Trinajstić information content (AvgIpc) is 2.34. The number of benzene rings is 1. The molecule has 0 aliphatic rings. The normalized spacial score (nSPS) is 12.6. The molecule has 0 aliphatic carbocycles. The fourth-order valence-corrected chi connectivity index (χ4v) is 1.92. The van der Waals surface area contributed by atoms with Crippen LogP contribution in [0.5, 0.6) is 0 Å². The second-order valence-electron chi connectivity index (χ2n) is 4.30. The summed E-state index contributed by atoms with van der Waals surface area (Å²) in [5, 5.41) is 3.48. The van der Waals surface area contributed by atoms with Gasteiger partial charge in [-0.15, -0.1) is 0 Å². The molecule has 0 saturated carbocycles. The largest absolute Gasteiger partial charge is 0.330 e. The van der Waals surface area contributed by atoms with E-state index in [1.165, 1.54) is 18.4 Å². The van der Waals surface area contributed by atoms with Crippen LogP contribution in [0.25, 0.3) is 0 Å². The smallest absolute Gasteiger partial charge is 0.0205 e. The number of nitrogens with one attached hydrogen (secondary N) is 1. The first-order valence-electron chi connectivity index (χ1n) is 6.31. The van der Waals surface area contributed by atoms with Gasteiger partial charge in [0.25, 0.3) is 0 Å². The van der Waals surface area contributed by atoms with E-state index in [4.69, 9.17) is 5.73 Å². The Labute approximate surface area is 99.2 Å². The minimum Gasteiger partial charge on any atom is -0.330 e. The van der Waals surface area contributed by atoms with Gasteiger partial charge in [0, 0.05) is 6.54 Å². The van der Waals surface area contributed by atoms with Gasteiger partial charge in [-0.25, -0.2) is 0 Å². The van der Waals surface area contributed by atoms with Gasteiger partial charge in [0.15, 0.2) is 0 Å². The molecule has 16 heavy (non-hydrogen) atoms. The molecule has 2 heteroatoms. The highest BCUT2D eigenvalue weighted by molar-refractivity contribution is 5.14. The summed E-state index contributed by atoms with van der Waals surface area (Å²) in [6.45, 7) is 5.13. The van der Waals surface area contributed by atoms with Crippen LogP contribution >= 0.6 is 0 Å². The number of rotatable bonds is 8. The molecule has 0 fully saturated rings. The highest BCUT2D eigenvalue weighted by Gasteiger charge is 2.03. The monoisotopic (exact) mass is 220 g/mol. The molecule has 0 heterocycles. The van der Waals surface area contributed by atoms with Gasteiger partial charge >= 0.3 is 0 Å². The summed E-state index contributed by atoms with van der Waals surface area (Å²) in [5.41, 5.74) is 6.94. The van der Waals surface area contributed by atoms with E-state index in [-0.39, 0.29) is 0 Å². The fraction of sp³-hybridized carbons (Fsp3) is 0.571. The quantitative estimate of drug-likeness (QED) is 0.661. The molecule has 0 aromatic heterocycles.